The zero-order chi connectivity index (χ0) is 16.4. The SMILES string of the molecule is CC(C)C(=O)N1CCCN(C(=O)c2ccc3c(c2)CCO3)CC1. The predicted molar refractivity (Wildman–Crippen MR) is 87.6 cm³/mol. The van der Waals surface area contributed by atoms with E-state index in [9.17, 15) is 9.59 Å². The van der Waals surface area contributed by atoms with Crippen LogP contribution in [0.3, 0.4) is 0 Å². The Bertz CT molecular complexity index is 612. The summed E-state index contributed by atoms with van der Waals surface area (Å²) < 4.78 is 5.49. The summed E-state index contributed by atoms with van der Waals surface area (Å²) in [7, 11) is 0. The summed E-state index contributed by atoms with van der Waals surface area (Å²) in [6.07, 6.45) is 1.70. The lowest BCUT2D eigenvalue weighted by Crippen LogP contribution is -2.39. The number of hydrogen-bond donors (Lipinski definition) is 0. The van der Waals surface area contributed by atoms with Gasteiger partial charge >= 0.3 is 0 Å². The molecular formula is C18H24N2O3. The van der Waals surface area contributed by atoms with Gasteiger partial charge in [-0.05, 0) is 30.2 Å². The molecule has 3 rings (SSSR count). The minimum Gasteiger partial charge on any atom is -0.493 e. The van der Waals surface area contributed by atoms with Gasteiger partial charge in [-0.2, -0.15) is 0 Å². The summed E-state index contributed by atoms with van der Waals surface area (Å²) in [5.74, 6) is 1.13. The van der Waals surface area contributed by atoms with E-state index in [1.165, 1.54) is 0 Å². The van der Waals surface area contributed by atoms with Crippen molar-refractivity contribution >= 4 is 11.8 Å². The molecule has 0 radical (unpaired) electrons. The van der Waals surface area contributed by atoms with E-state index in [1.807, 2.05) is 41.8 Å². The Morgan fingerprint density at radius 1 is 1.09 bits per heavy atom. The first kappa shape index (κ1) is 15.8. The monoisotopic (exact) mass is 316 g/mol. The van der Waals surface area contributed by atoms with E-state index in [4.69, 9.17) is 4.74 Å². The minimum atomic E-state index is 0.00830. The van der Waals surface area contributed by atoms with Crippen molar-refractivity contribution < 1.29 is 14.3 Å². The maximum Gasteiger partial charge on any atom is 0.253 e. The molecule has 1 aromatic rings. The molecule has 5 heteroatoms. The average Bonchev–Trinajstić information content (AvgIpc) is 2.88. The molecule has 0 bridgehead atoms. The van der Waals surface area contributed by atoms with Gasteiger partial charge < -0.3 is 14.5 Å². The van der Waals surface area contributed by atoms with Crippen LogP contribution in [-0.2, 0) is 11.2 Å². The number of carbonyl (C=O) groups excluding carboxylic acids is 2. The summed E-state index contributed by atoms with van der Waals surface area (Å²) in [4.78, 5) is 28.6. The summed E-state index contributed by atoms with van der Waals surface area (Å²) in [5, 5.41) is 0. The van der Waals surface area contributed by atoms with E-state index in [-0.39, 0.29) is 17.7 Å². The fourth-order valence-electron chi connectivity index (χ4n) is 3.21. The molecule has 2 amide bonds. The molecule has 2 aliphatic rings. The maximum atomic E-state index is 12.7. The van der Waals surface area contributed by atoms with E-state index in [0.717, 1.165) is 36.3 Å². The number of hydrogen-bond acceptors (Lipinski definition) is 3. The first-order valence-corrected chi connectivity index (χ1v) is 8.40. The highest BCUT2D eigenvalue weighted by molar-refractivity contribution is 5.94. The molecule has 5 nitrogen and oxygen atoms in total. The summed E-state index contributed by atoms with van der Waals surface area (Å²) in [5.41, 5.74) is 1.83. The summed E-state index contributed by atoms with van der Waals surface area (Å²) in [6.45, 7) is 7.20. The molecule has 2 heterocycles. The van der Waals surface area contributed by atoms with Gasteiger partial charge in [-0.3, -0.25) is 9.59 Å². The van der Waals surface area contributed by atoms with Crippen LogP contribution >= 0.6 is 0 Å². The van der Waals surface area contributed by atoms with Crippen LogP contribution < -0.4 is 4.74 Å². The van der Waals surface area contributed by atoms with Gasteiger partial charge in [0.05, 0.1) is 6.61 Å². The van der Waals surface area contributed by atoms with E-state index >= 15 is 0 Å². The number of rotatable bonds is 2. The van der Waals surface area contributed by atoms with Crippen LogP contribution in [0.2, 0.25) is 0 Å². The van der Waals surface area contributed by atoms with Crippen LogP contribution in [0, 0.1) is 5.92 Å². The van der Waals surface area contributed by atoms with Crippen LogP contribution in [0.25, 0.3) is 0 Å². The van der Waals surface area contributed by atoms with E-state index in [1.54, 1.807) is 0 Å². The van der Waals surface area contributed by atoms with Crippen molar-refractivity contribution in [3.63, 3.8) is 0 Å². The second kappa shape index (κ2) is 6.60. The van der Waals surface area contributed by atoms with Gasteiger partial charge in [0.1, 0.15) is 5.75 Å². The molecule has 23 heavy (non-hydrogen) atoms. The van der Waals surface area contributed by atoms with Crippen molar-refractivity contribution in [2.75, 3.05) is 32.8 Å². The van der Waals surface area contributed by atoms with Crippen LogP contribution in [0.4, 0.5) is 0 Å². The second-order valence-corrected chi connectivity index (χ2v) is 6.55. The highest BCUT2D eigenvalue weighted by Crippen LogP contribution is 2.26. The molecular weight excluding hydrogens is 292 g/mol. The molecule has 0 spiro atoms. The standard InChI is InChI=1S/C18H24N2O3/c1-13(2)17(21)19-7-3-8-20(10-9-19)18(22)15-4-5-16-14(12-15)6-11-23-16/h4-5,12-13H,3,6-11H2,1-2H3. The third-order valence-corrected chi connectivity index (χ3v) is 4.53. The third-order valence-electron chi connectivity index (χ3n) is 4.53. The number of amides is 2. The lowest BCUT2D eigenvalue weighted by atomic mass is 10.1. The highest BCUT2D eigenvalue weighted by atomic mass is 16.5. The normalized spacial score (nSPS) is 17.7. The van der Waals surface area contributed by atoms with Gasteiger partial charge in [-0.25, -0.2) is 0 Å². The number of carbonyl (C=O) groups is 2. The van der Waals surface area contributed by atoms with Crippen molar-refractivity contribution in [1.82, 2.24) is 9.80 Å². The zero-order valence-electron chi connectivity index (χ0n) is 13.9. The Morgan fingerprint density at radius 3 is 2.61 bits per heavy atom. The lowest BCUT2D eigenvalue weighted by molar-refractivity contribution is -0.134. The number of fused-ring (bicyclic) bond motifs is 1. The Balaban J connectivity index is 1.67. The first-order valence-electron chi connectivity index (χ1n) is 8.40. The quantitative estimate of drug-likeness (QED) is 0.838. The molecule has 1 saturated heterocycles. The molecule has 124 valence electrons. The number of benzene rings is 1. The first-order chi connectivity index (χ1) is 11.1. The smallest absolute Gasteiger partial charge is 0.253 e. The van der Waals surface area contributed by atoms with Crippen molar-refractivity contribution in [2.45, 2.75) is 26.7 Å². The predicted octanol–water partition coefficient (Wildman–Crippen LogP) is 1.95. The van der Waals surface area contributed by atoms with Crippen LogP contribution in [-0.4, -0.2) is 54.4 Å². The molecule has 0 unspecified atom stereocenters. The number of ether oxygens (including phenoxy) is 1. The summed E-state index contributed by atoms with van der Waals surface area (Å²) in [6, 6.07) is 5.68. The van der Waals surface area contributed by atoms with Gasteiger partial charge in [-0.1, -0.05) is 13.8 Å². The van der Waals surface area contributed by atoms with Crippen molar-refractivity contribution in [3.05, 3.63) is 29.3 Å². The average molecular weight is 316 g/mol. The van der Waals surface area contributed by atoms with Crippen LogP contribution in [0.5, 0.6) is 5.75 Å². The number of nitrogens with zero attached hydrogens (tertiary/aromatic N) is 2. The molecule has 0 saturated carbocycles. The van der Waals surface area contributed by atoms with Gasteiger partial charge in [0.2, 0.25) is 5.91 Å². The van der Waals surface area contributed by atoms with Gasteiger partial charge in [0, 0.05) is 44.1 Å². The fourth-order valence-corrected chi connectivity index (χ4v) is 3.21. The van der Waals surface area contributed by atoms with Gasteiger partial charge in [-0.15, -0.1) is 0 Å². The van der Waals surface area contributed by atoms with Crippen molar-refractivity contribution in [2.24, 2.45) is 5.92 Å². The third kappa shape index (κ3) is 3.33. The Morgan fingerprint density at radius 2 is 1.83 bits per heavy atom. The molecule has 1 fully saturated rings. The summed E-state index contributed by atoms with van der Waals surface area (Å²) >= 11 is 0. The minimum absolute atomic E-state index is 0.00830. The largest absolute Gasteiger partial charge is 0.493 e. The Labute approximate surface area is 137 Å². The van der Waals surface area contributed by atoms with Crippen LogP contribution in [0.1, 0.15) is 36.2 Å². The Hall–Kier alpha value is -2.04. The van der Waals surface area contributed by atoms with Gasteiger partial charge in [0.25, 0.3) is 5.91 Å². The van der Waals surface area contributed by atoms with Crippen LogP contribution in [0.15, 0.2) is 18.2 Å². The Kier molecular flexibility index (Phi) is 4.55. The van der Waals surface area contributed by atoms with Crippen molar-refractivity contribution in [1.29, 1.82) is 0 Å². The topological polar surface area (TPSA) is 49.9 Å². The molecule has 0 aliphatic carbocycles. The zero-order valence-corrected chi connectivity index (χ0v) is 13.9. The lowest BCUT2D eigenvalue weighted by Gasteiger charge is -2.23. The molecule has 1 aromatic carbocycles. The van der Waals surface area contributed by atoms with E-state index < -0.39 is 0 Å². The molecule has 0 atom stereocenters. The second-order valence-electron chi connectivity index (χ2n) is 6.55. The van der Waals surface area contributed by atoms with E-state index in [2.05, 4.69) is 0 Å². The fraction of sp³-hybridized carbons (Fsp3) is 0.556. The molecule has 0 aromatic heterocycles. The van der Waals surface area contributed by atoms with Crippen molar-refractivity contribution in [3.8, 4) is 5.75 Å². The van der Waals surface area contributed by atoms with E-state index in [0.29, 0.717) is 26.2 Å². The molecule has 0 N–H and O–H groups in total. The molecule has 2 aliphatic heterocycles. The highest BCUT2D eigenvalue weighted by Gasteiger charge is 2.24. The maximum absolute atomic E-state index is 12.7. The van der Waals surface area contributed by atoms with Gasteiger partial charge in [0.15, 0.2) is 0 Å².